The van der Waals surface area contributed by atoms with Crippen LogP contribution in [0.5, 0.6) is 0 Å². The molecule has 1 aromatic carbocycles. The molecule has 0 N–H and O–H groups in total. The van der Waals surface area contributed by atoms with Gasteiger partial charge in [0.2, 0.25) is 11.6 Å². The van der Waals surface area contributed by atoms with E-state index in [-0.39, 0.29) is 11.6 Å². The lowest BCUT2D eigenvalue weighted by Crippen LogP contribution is -2.08. The highest BCUT2D eigenvalue weighted by atomic mass is 16.1. The Kier molecular flexibility index (Phi) is 2.77. The van der Waals surface area contributed by atoms with E-state index >= 15 is 0 Å². The van der Waals surface area contributed by atoms with E-state index < -0.39 is 0 Å². The Labute approximate surface area is 94.2 Å². The van der Waals surface area contributed by atoms with E-state index in [1.54, 1.807) is 12.1 Å². The number of hydrogen-bond donors (Lipinski definition) is 0. The molecular formula is C13H12N2O. The highest BCUT2D eigenvalue weighted by molar-refractivity contribution is 6.06. The second-order valence-corrected chi connectivity index (χ2v) is 3.67. The molecule has 0 saturated heterocycles. The number of rotatable bonds is 2. The number of aromatic nitrogens is 2. The molecule has 0 aliphatic carbocycles. The topological polar surface area (TPSA) is 42.9 Å². The summed E-state index contributed by atoms with van der Waals surface area (Å²) in [5.74, 6) is 0.135. The molecule has 1 heterocycles. The van der Waals surface area contributed by atoms with Crippen molar-refractivity contribution in [2.75, 3.05) is 0 Å². The fraction of sp³-hybridized carbons (Fsp3) is 0.154. The average Bonchev–Trinajstić information content (AvgIpc) is 2.28. The predicted octanol–water partition coefficient (Wildman–Crippen LogP) is 2.32. The van der Waals surface area contributed by atoms with Gasteiger partial charge >= 0.3 is 0 Å². The lowest BCUT2D eigenvalue weighted by atomic mass is 10.1. The van der Waals surface area contributed by atoms with Crippen molar-refractivity contribution in [2.45, 2.75) is 13.8 Å². The smallest absolute Gasteiger partial charge is 0.230 e. The summed E-state index contributed by atoms with van der Waals surface area (Å²) in [6, 6.07) is 10.9. The van der Waals surface area contributed by atoms with Gasteiger partial charge in [-0.3, -0.25) is 4.79 Å². The summed E-state index contributed by atoms with van der Waals surface area (Å²) in [5.41, 5.74) is 2.24. The fourth-order valence-corrected chi connectivity index (χ4v) is 1.55. The Morgan fingerprint density at radius 2 is 1.56 bits per heavy atom. The summed E-state index contributed by atoms with van der Waals surface area (Å²) in [6.07, 6.45) is 0. The molecule has 3 heteroatoms. The standard InChI is InChI=1S/C13H12N2O/c1-9-8-10(2)15-13(14-9)12(16)11-6-4-3-5-7-11/h3-8H,1-2H3. The molecule has 80 valence electrons. The van der Waals surface area contributed by atoms with Crippen molar-refractivity contribution in [2.24, 2.45) is 0 Å². The second-order valence-electron chi connectivity index (χ2n) is 3.67. The molecule has 0 aliphatic heterocycles. The zero-order chi connectivity index (χ0) is 11.5. The van der Waals surface area contributed by atoms with Gasteiger partial charge in [-0.1, -0.05) is 30.3 Å². The highest BCUT2D eigenvalue weighted by Crippen LogP contribution is 2.07. The molecule has 0 atom stereocenters. The minimum absolute atomic E-state index is 0.132. The Hall–Kier alpha value is -2.03. The fourth-order valence-electron chi connectivity index (χ4n) is 1.55. The van der Waals surface area contributed by atoms with Gasteiger partial charge in [-0.2, -0.15) is 0 Å². The third-order valence-electron chi connectivity index (χ3n) is 2.22. The number of ketones is 1. The summed E-state index contributed by atoms with van der Waals surface area (Å²) in [7, 11) is 0. The lowest BCUT2D eigenvalue weighted by Gasteiger charge is -2.02. The lowest BCUT2D eigenvalue weighted by molar-refractivity contribution is 0.102. The van der Waals surface area contributed by atoms with Crippen LogP contribution in [-0.2, 0) is 0 Å². The van der Waals surface area contributed by atoms with Crippen molar-refractivity contribution in [3.63, 3.8) is 0 Å². The SMILES string of the molecule is Cc1cc(C)nc(C(=O)c2ccccc2)n1. The van der Waals surface area contributed by atoms with Crippen molar-refractivity contribution in [1.29, 1.82) is 0 Å². The number of carbonyl (C=O) groups is 1. The molecule has 0 radical (unpaired) electrons. The number of aryl methyl sites for hydroxylation is 2. The van der Waals surface area contributed by atoms with E-state index in [9.17, 15) is 4.79 Å². The number of nitrogens with zero attached hydrogens (tertiary/aromatic N) is 2. The second kappa shape index (κ2) is 4.23. The molecule has 0 aliphatic rings. The van der Waals surface area contributed by atoms with Crippen LogP contribution in [0.4, 0.5) is 0 Å². The third kappa shape index (κ3) is 2.14. The molecule has 2 rings (SSSR count). The van der Waals surface area contributed by atoms with E-state index in [0.717, 1.165) is 11.4 Å². The summed E-state index contributed by atoms with van der Waals surface area (Å²) in [6.45, 7) is 3.72. The molecule has 2 aromatic rings. The van der Waals surface area contributed by atoms with Crippen molar-refractivity contribution in [1.82, 2.24) is 9.97 Å². The van der Waals surface area contributed by atoms with Crippen LogP contribution in [0.25, 0.3) is 0 Å². The van der Waals surface area contributed by atoms with Crippen LogP contribution in [-0.4, -0.2) is 15.8 Å². The Morgan fingerprint density at radius 1 is 1.00 bits per heavy atom. The molecule has 0 fully saturated rings. The summed E-state index contributed by atoms with van der Waals surface area (Å²) in [5, 5.41) is 0. The predicted molar refractivity (Wildman–Crippen MR) is 61.4 cm³/mol. The Morgan fingerprint density at radius 3 is 2.12 bits per heavy atom. The van der Waals surface area contributed by atoms with E-state index in [1.807, 2.05) is 38.1 Å². The molecule has 3 nitrogen and oxygen atoms in total. The first-order chi connectivity index (χ1) is 7.66. The monoisotopic (exact) mass is 212 g/mol. The van der Waals surface area contributed by atoms with E-state index in [0.29, 0.717) is 5.56 Å². The summed E-state index contributed by atoms with van der Waals surface area (Å²) < 4.78 is 0. The Bertz CT molecular complexity index is 500. The van der Waals surface area contributed by atoms with Gasteiger partial charge in [0.15, 0.2) is 0 Å². The number of carbonyl (C=O) groups excluding carboxylic acids is 1. The van der Waals surface area contributed by atoms with Crippen LogP contribution < -0.4 is 0 Å². The summed E-state index contributed by atoms with van der Waals surface area (Å²) in [4.78, 5) is 20.3. The quantitative estimate of drug-likeness (QED) is 0.717. The first-order valence-corrected chi connectivity index (χ1v) is 5.09. The van der Waals surface area contributed by atoms with Gasteiger partial charge in [0, 0.05) is 17.0 Å². The van der Waals surface area contributed by atoms with Crippen molar-refractivity contribution in [3.8, 4) is 0 Å². The minimum atomic E-state index is -0.132. The maximum absolute atomic E-state index is 12.0. The van der Waals surface area contributed by atoms with Gasteiger partial charge in [-0.15, -0.1) is 0 Å². The van der Waals surface area contributed by atoms with Gasteiger partial charge in [0.1, 0.15) is 0 Å². The van der Waals surface area contributed by atoms with E-state index in [2.05, 4.69) is 9.97 Å². The maximum Gasteiger partial charge on any atom is 0.230 e. The minimum Gasteiger partial charge on any atom is -0.285 e. The van der Waals surface area contributed by atoms with E-state index in [4.69, 9.17) is 0 Å². The van der Waals surface area contributed by atoms with Crippen molar-refractivity contribution in [3.05, 3.63) is 59.2 Å². The van der Waals surface area contributed by atoms with Crippen molar-refractivity contribution >= 4 is 5.78 Å². The molecular weight excluding hydrogens is 200 g/mol. The van der Waals surface area contributed by atoms with Gasteiger partial charge in [-0.25, -0.2) is 9.97 Å². The van der Waals surface area contributed by atoms with Gasteiger partial charge in [0.25, 0.3) is 0 Å². The van der Waals surface area contributed by atoms with Gasteiger partial charge in [-0.05, 0) is 19.9 Å². The van der Waals surface area contributed by atoms with Crippen LogP contribution in [0.3, 0.4) is 0 Å². The largest absolute Gasteiger partial charge is 0.285 e. The maximum atomic E-state index is 12.0. The zero-order valence-corrected chi connectivity index (χ0v) is 9.27. The molecule has 0 unspecified atom stereocenters. The van der Waals surface area contributed by atoms with Gasteiger partial charge < -0.3 is 0 Å². The average molecular weight is 212 g/mol. The van der Waals surface area contributed by atoms with Crippen LogP contribution in [0, 0.1) is 13.8 Å². The molecule has 0 spiro atoms. The highest BCUT2D eigenvalue weighted by Gasteiger charge is 2.12. The number of benzene rings is 1. The normalized spacial score (nSPS) is 10.1. The number of hydrogen-bond acceptors (Lipinski definition) is 3. The van der Waals surface area contributed by atoms with Crippen LogP contribution in [0.2, 0.25) is 0 Å². The molecule has 0 amide bonds. The first kappa shape index (κ1) is 10.5. The molecule has 0 bridgehead atoms. The first-order valence-electron chi connectivity index (χ1n) is 5.09. The van der Waals surface area contributed by atoms with Gasteiger partial charge in [0.05, 0.1) is 0 Å². The van der Waals surface area contributed by atoms with Crippen LogP contribution in [0.1, 0.15) is 27.6 Å². The summed E-state index contributed by atoms with van der Waals surface area (Å²) >= 11 is 0. The van der Waals surface area contributed by atoms with Crippen molar-refractivity contribution < 1.29 is 4.79 Å². The van der Waals surface area contributed by atoms with Crippen LogP contribution in [0.15, 0.2) is 36.4 Å². The molecule has 16 heavy (non-hydrogen) atoms. The third-order valence-corrected chi connectivity index (χ3v) is 2.22. The zero-order valence-electron chi connectivity index (χ0n) is 9.27. The van der Waals surface area contributed by atoms with E-state index in [1.165, 1.54) is 0 Å². The molecule has 0 saturated carbocycles. The molecule has 1 aromatic heterocycles. The Balaban J connectivity index is 2.42. The van der Waals surface area contributed by atoms with Crippen LogP contribution >= 0.6 is 0 Å².